The second-order valence-electron chi connectivity index (χ2n) is 2.48. The number of nitrogens with two attached hydrogens (primary N) is 1. The Kier molecular flexibility index (Phi) is 1.21. The maximum absolute atomic E-state index is 13.3. The summed E-state index contributed by atoms with van der Waals surface area (Å²) < 4.78 is 20.5. The van der Waals surface area contributed by atoms with Gasteiger partial charge in [-0.2, -0.15) is 0 Å². The molecule has 0 aliphatic rings. The van der Waals surface area contributed by atoms with Gasteiger partial charge in [0.25, 0.3) is 0 Å². The number of fused-ring (bicyclic) bond motifs is 1. The van der Waals surface area contributed by atoms with Crippen molar-refractivity contribution in [3.8, 4) is 0 Å². The molecule has 12 heavy (non-hydrogen) atoms. The van der Waals surface area contributed by atoms with E-state index in [1.165, 1.54) is 18.2 Å². The first-order chi connectivity index (χ1) is 6.18. The van der Waals surface area contributed by atoms with Crippen LogP contribution in [0.2, 0.25) is 0 Å². The van der Waals surface area contributed by atoms with Crippen LogP contribution < -0.4 is 5.73 Å². The summed E-state index contributed by atoms with van der Waals surface area (Å²) in [4.78, 5) is 3.85. The summed E-state index contributed by atoms with van der Waals surface area (Å²) in [7, 11) is 0. The molecule has 0 atom stereocenters. The van der Waals surface area contributed by atoms with Crippen LogP contribution in [0.25, 0.3) is 10.9 Å². The number of nitrogens with zero attached hydrogens (tertiary/aromatic N) is 1. The van der Waals surface area contributed by atoms with Crippen molar-refractivity contribution in [3.05, 3.63) is 36.3 Å². The van der Waals surface area contributed by atoms with E-state index in [1.807, 2.05) is 0 Å². The van der Waals surface area contributed by atoms with E-state index in [0.717, 1.165) is 0 Å². The van der Waals surface area contributed by atoms with E-state index in [1.54, 1.807) is 6.07 Å². The normalized spacial score (nSPS) is 11.6. The second kappa shape index (κ2) is 2.44. The first kappa shape index (κ1) is 5.94. The Hall–Kier alpha value is -1.64. The molecule has 2 nitrogen and oxygen atoms in total. The molecule has 2 aromatic rings. The Labute approximate surface area is 70.2 Å². The van der Waals surface area contributed by atoms with Gasteiger partial charge in [0.1, 0.15) is 0 Å². The quantitative estimate of drug-likeness (QED) is 0.603. The van der Waals surface area contributed by atoms with Gasteiger partial charge in [0, 0.05) is 11.6 Å². The number of pyridine rings is 1. The smallest absolute Gasteiger partial charge is 0.155 e. The SMILES string of the molecule is [2H]c1ccc2c(F)c(N)ccc2n1. The average Bonchev–Trinajstić information content (AvgIpc) is 2.12. The van der Waals surface area contributed by atoms with E-state index in [2.05, 4.69) is 4.98 Å². The van der Waals surface area contributed by atoms with Crippen LogP contribution in [0.15, 0.2) is 30.4 Å². The van der Waals surface area contributed by atoms with Crippen molar-refractivity contribution in [1.82, 2.24) is 4.98 Å². The van der Waals surface area contributed by atoms with E-state index in [0.29, 0.717) is 10.9 Å². The molecule has 0 spiro atoms. The minimum atomic E-state index is -0.468. The van der Waals surface area contributed by atoms with Crippen molar-refractivity contribution in [3.63, 3.8) is 0 Å². The van der Waals surface area contributed by atoms with Gasteiger partial charge in [-0.1, -0.05) is 0 Å². The molecule has 0 saturated heterocycles. The molecule has 0 bridgehead atoms. The van der Waals surface area contributed by atoms with Gasteiger partial charge in [0.2, 0.25) is 0 Å². The molecule has 3 heteroatoms. The van der Waals surface area contributed by atoms with E-state index in [-0.39, 0.29) is 11.9 Å². The molecule has 0 aliphatic heterocycles. The zero-order valence-electron chi connectivity index (χ0n) is 7.21. The summed E-state index contributed by atoms with van der Waals surface area (Å²) in [6, 6.07) is 6.00. The van der Waals surface area contributed by atoms with Crippen LogP contribution in [-0.2, 0) is 0 Å². The second-order valence-corrected chi connectivity index (χ2v) is 2.48. The molecule has 0 aliphatic carbocycles. The van der Waals surface area contributed by atoms with Crippen molar-refractivity contribution in [2.75, 3.05) is 5.73 Å². The molecular formula is C9H7FN2. The summed E-state index contributed by atoms with van der Waals surface area (Å²) >= 11 is 0. The van der Waals surface area contributed by atoms with Crippen LogP contribution in [-0.4, -0.2) is 4.98 Å². The van der Waals surface area contributed by atoms with Crippen LogP contribution in [0.4, 0.5) is 10.1 Å². The van der Waals surface area contributed by atoms with Gasteiger partial charge < -0.3 is 5.73 Å². The third-order valence-corrected chi connectivity index (χ3v) is 1.70. The molecule has 0 saturated carbocycles. The number of hydrogen-bond donors (Lipinski definition) is 1. The minimum absolute atomic E-state index is 0.104. The highest BCUT2D eigenvalue weighted by Gasteiger charge is 2.03. The molecule has 2 rings (SSSR count). The van der Waals surface area contributed by atoms with Crippen molar-refractivity contribution < 1.29 is 5.76 Å². The van der Waals surface area contributed by atoms with Crippen molar-refractivity contribution in [1.29, 1.82) is 0 Å². The fraction of sp³-hybridized carbons (Fsp3) is 0. The van der Waals surface area contributed by atoms with Gasteiger partial charge in [-0.25, -0.2) is 4.39 Å². The van der Waals surface area contributed by atoms with E-state index in [4.69, 9.17) is 7.10 Å². The Bertz CT molecular complexity index is 470. The lowest BCUT2D eigenvalue weighted by atomic mass is 10.2. The van der Waals surface area contributed by atoms with E-state index < -0.39 is 5.82 Å². The lowest BCUT2D eigenvalue weighted by molar-refractivity contribution is 0.644. The lowest BCUT2D eigenvalue weighted by Crippen LogP contribution is -1.91. The summed E-state index contributed by atoms with van der Waals surface area (Å²) in [5, 5.41) is 0.357. The molecule has 1 aromatic heterocycles. The lowest BCUT2D eigenvalue weighted by Gasteiger charge is -1.99. The number of halogens is 1. The van der Waals surface area contributed by atoms with E-state index >= 15 is 0 Å². The van der Waals surface area contributed by atoms with Gasteiger partial charge in [-0.3, -0.25) is 4.98 Å². The summed E-state index contributed by atoms with van der Waals surface area (Å²) in [6.07, 6.45) is 0.122. The molecule has 2 N–H and O–H groups in total. The number of hydrogen-bond acceptors (Lipinski definition) is 2. The summed E-state index contributed by atoms with van der Waals surface area (Å²) in [5.41, 5.74) is 5.94. The maximum atomic E-state index is 13.3. The predicted octanol–water partition coefficient (Wildman–Crippen LogP) is 1.96. The molecule has 0 fully saturated rings. The van der Waals surface area contributed by atoms with E-state index in [9.17, 15) is 4.39 Å². The number of rotatable bonds is 0. The predicted molar refractivity (Wildman–Crippen MR) is 46.1 cm³/mol. The molecule has 60 valence electrons. The van der Waals surface area contributed by atoms with Gasteiger partial charge in [0.15, 0.2) is 5.82 Å². The molecule has 0 unspecified atom stereocenters. The van der Waals surface area contributed by atoms with Crippen LogP contribution >= 0.6 is 0 Å². The first-order valence-corrected chi connectivity index (χ1v) is 3.50. The Balaban J connectivity index is 2.87. The van der Waals surface area contributed by atoms with Gasteiger partial charge in [-0.15, -0.1) is 0 Å². The number of benzene rings is 1. The number of anilines is 1. The average molecular weight is 163 g/mol. The number of aromatic nitrogens is 1. The topological polar surface area (TPSA) is 38.9 Å². The Morgan fingerprint density at radius 2 is 2.25 bits per heavy atom. The Morgan fingerprint density at radius 3 is 3.08 bits per heavy atom. The van der Waals surface area contributed by atoms with Crippen LogP contribution in [0.5, 0.6) is 0 Å². The highest BCUT2D eigenvalue weighted by molar-refractivity contribution is 5.82. The third-order valence-electron chi connectivity index (χ3n) is 1.70. The molecular weight excluding hydrogens is 155 g/mol. The van der Waals surface area contributed by atoms with Crippen LogP contribution in [0.3, 0.4) is 0 Å². The largest absolute Gasteiger partial charge is 0.396 e. The molecule has 1 aromatic carbocycles. The summed E-state index contributed by atoms with van der Waals surface area (Å²) in [6.45, 7) is 0. The molecule has 0 radical (unpaired) electrons. The van der Waals surface area contributed by atoms with Gasteiger partial charge >= 0.3 is 0 Å². The Morgan fingerprint density at radius 1 is 1.42 bits per heavy atom. The maximum Gasteiger partial charge on any atom is 0.155 e. The third kappa shape index (κ3) is 0.906. The standard InChI is InChI=1S/C9H7FN2/c10-9-6-2-1-5-12-8(6)4-3-7(9)11/h1-5H,11H2/i5D. The van der Waals surface area contributed by atoms with Crippen molar-refractivity contribution >= 4 is 16.6 Å². The molecule has 0 amide bonds. The first-order valence-electron chi connectivity index (χ1n) is 4.00. The highest BCUT2D eigenvalue weighted by Crippen LogP contribution is 2.19. The zero-order valence-corrected chi connectivity index (χ0v) is 6.21. The minimum Gasteiger partial charge on any atom is -0.396 e. The summed E-state index contributed by atoms with van der Waals surface area (Å²) in [5.74, 6) is -0.468. The highest BCUT2D eigenvalue weighted by atomic mass is 19.1. The fourth-order valence-electron chi connectivity index (χ4n) is 1.08. The van der Waals surface area contributed by atoms with Crippen molar-refractivity contribution in [2.45, 2.75) is 0 Å². The monoisotopic (exact) mass is 163 g/mol. The van der Waals surface area contributed by atoms with Gasteiger partial charge in [-0.05, 0) is 24.3 Å². The fourth-order valence-corrected chi connectivity index (χ4v) is 1.08. The van der Waals surface area contributed by atoms with Crippen molar-refractivity contribution in [2.24, 2.45) is 0 Å². The van der Waals surface area contributed by atoms with Crippen LogP contribution in [0, 0.1) is 5.82 Å². The zero-order chi connectivity index (χ0) is 9.42. The van der Waals surface area contributed by atoms with Gasteiger partial charge in [0.05, 0.1) is 12.6 Å². The molecule has 1 heterocycles. The van der Waals surface area contributed by atoms with Crippen LogP contribution in [0.1, 0.15) is 1.37 Å². The number of nitrogen functional groups attached to an aromatic ring is 1.